The van der Waals surface area contributed by atoms with E-state index in [4.69, 9.17) is 11.6 Å². The van der Waals surface area contributed by atoms with E-state index in [1.165, 1.54) is 0 Å². The van der Waals surface area contributed by atoms with Crippen molar-refractivity contribution in [2.24, 2.45) is 0 Å². The lowest BCUT2D eigenvalue weighted by Crippen LogP contribution is -2.19. The minimum atomic E-state index is -0.122. The number of amides is 1. The second-order valence-corrected chi connectivity index (χ2v) is 4.60. The molecule has 0 radical (unpaired) electrons. The lowest BCUT2D eigenvalue weighted by molar-refractivity contribution is -0.116. The number of nitrogens with zero attached hydrogens (tertiary/aromatic N) is 2. The molecule has 2 rings (SSSR count). The maximum Gasteiger partial charge on any atom is 0.246 e. The molecule has 18 heavy (non-hydrogen) atoms. The Morgan fingerprint density at radius 1 is 1.39 bits per heavy atom. The number of anilines is 1. The molecule has 0 unspecified atom stereocenters. The Hall–Kier alpha value is -1.81. The smallest absolute Gasteiger partial charge is 0.246 e. The molecule has 94 valence electrons. The second kappa shape index (κ2) is 5.23. The number of aryl methyl sites for hydroxylation is 2. The topological polar surface area (TPSA) is 46.9 Å². The van der Waals surface area contributed by atoms with Crippen LogP contribution in [0, 0.1) is 13.8 Å². The third-order valence-corrected chi connectivity index (χ3v) is 2.79. The molecule has 4 nitrogen and oxygen atoms in total. The molecule has 0 atom stereocenters. The summed E-state index contributed by atoms with van der Waals surface area (Å²) >= 11 is 5.89. The van der Waals surface area contributed by atoms with E-state index in [2.05, 4.69) is 10.4 Å². The number of halogens is 1. The number of carbonyl (C=O) groups excluding carboxylic acids is 1. The van der Waals surface area contributed by atoms with Gasteiger partial charge in [-0.3, -0.25) is 9.48 Å². The maximum absolute atomic E-state index is 11.8. The zero-order valence-electron chi connectivity index (χ0n) is 10.3. The first-order valence-corrected chi connectivity index (χ1v) is 5.98. The number of nitrogens with one attached hydrogen (secondary N) is 1. The molecule has 0 aliphatic carbocycles. The monoisotopic (exact) mass is 263 g/mol. The van der Waals surface area contributed by atoms with Gasteiger partial charge < -0.3 is 5.32 Å². The number of aromatic nitrogens is 2. The zero-order valence-corrected chi connectivity index (χ0v) is 11.0. The molecule has 1 aromatic heterocycles. The quantitative estimate of drug-likeness (QED) is 0.926. The van der Waals surface area contributed by atoms with E-state index in [1.807, 2.05) is 26.0 Å². The Balaban J connectivity index is 2.05. The van der Waals surface area contributed by atoms with Crippen molar-refractivity contribution in [1.29, 1.82) is 0 Å². The van der Waals surface area contributed by atoms with Crippen LogP contribution in [0.5, 0.6) is 0 Å². The van der Waals surface area contributed by atoms with Gasteiger partial charge in [0.05, 0.1) is 5.69 Å². The van der Waals surface area contributed by atoms with Gasteiger partial charge in [0.2, 0.25) is 5.91 Å². The molecule has 1 heterocycles. The van der Waals surface area contributed by atoms with Crippen LogP contribution in [0.1, 0.15) is 11.3 Å². The van der Waals surface area contributed by atoms with E-state index in [1.54, 1.807) is 23.0 Å². The van der Waals surface area contributed by atoms with Crippen LogP contribution in [0.15, 0.2) is 30.5 Å². The minimum absolute atomic E-state index is 0.122. The van der Waals surface area contributed by atoms with Gasteiger partial charge in [-0.1, -0.05) is 17.7 Å². The summed E-state index contributed by atoms with van der Waals surface area (Å²) in [5.74, 6) is -0.122. The average molecular weight is 264 g/mol. The average Bonchev–Trinajstić information content (AvgIpc) is 2.69. The van der Waals surface area contributed by atoms with Gasteiger partial charge in [0, 0.05) is 16.9 Å². The zero-order chi connectivity index (χ0) is 13.1. The lowest BCUT2D eigenvalue weighted by Gasteiger charge is -2.08. The van der Waals surface area contributed by atoms with Gasteiger partial charge in [-0.25, -0.2) is 0 Å². The molecule has 1 aromatic carbocycles. The number of hydrogen-bond acceptors (Lipinski definition) is 2. The molecular weight excluding hydrogens is 250 g/mol. The van der Waals surface area contributed by atoms with E-state index in [9.17, 15) is 4.79 Å². The molecule has 0 saturated carbocycles. The van der Waals surface area contributed by atoms with E-state index < -0.39 is 0 Å². The third-order valence-electron chi connectivity index (χ3n) is 2.55. The van der Waals surface area contributed by atoms with Crippen molar-refractivity contribution in [1.82, 2.24) is 9.78 Å². The first kappa shape index (κ1) is 12.6. The van der Waals surface area contributed by atoms with E-state index in [-0.39, 0.29) is 12.5 Å². The third kappa shape index (κ3) is 3.11. The van der Waals surface area contributed by atoms with Crippen molar-refractivity contribution in [3.05, 3.63) is 46.7 Å². The standard InChI is InChI=1S/C13H14ClN3O/c1-9-3-4-11(14)7-12(9)15-13(18)8-17-6-5-10(2)16-17/h3-7H,8H2,1-2H3,(H,15,18). The van der Waals surface area contributed by atoms with Crippen LogP contribution >= 0.6 is 11.6 Å². The SMILES string of the molecule is Cc1ccn(CC(=O)Nc2cc(Cl)ccc2C)n1. The van der Waals surface area contributed by atoms with Gasteiger partial charge in [0.1, 0.15) is 6.54 Å². The molecule has 0 bridgehead atoms. The van der Waals surface area contributed by atoms with Gasteiger partial charge in [-0.15, -0.1) is 0 Å². The highest BCUT2D eigenvalue weighted by molar-refractivity contribution is 6.31. The van der Waals surface area contributed by atoms with Crippen LogP contribution in [-0.2, 0) is 11.3 Å². The van der Waals surface area contributed by atoms with E-state index in [0.717, 1.165) is 16.9 Å². The van der Waals surface area contributed by atoms with Gasteiger partial charge in [0.15, 0.2) is 0 Å². The van der Waals surface area contributed by atoms with E-state index in [0.29, 0.717) is 5.02 Å². The summed E-state index contributed by atoms with van der Waals surface area (Å²) in [6.45, 7) is 4.00. The van der Waals surface area contributed by atoms with Crippen LogP contribution in [0.2, 0.25) is 5.02 Å². The largest absolute Gasteiger partial charge is 0.324 e. The highest BCUT2D eigenvalue weighted by Gasteiger charge is 2.06. The minimum Gasteiger partial charge on any atom is -0.324 e. The van der Waals surface area contributed by atoms with E-state index >= 15 is 0 Å². The lowest BCUT2D eigenvalue weighted by atomic mass is 10.2. The summed E-state index contributed by atoms with van der Waals surface area (Å²) in [5.41, 5.74) is 2.60. The number of rotatable bonds is 3. The summed E-state index contributed by atoms with van der Waals surface area (Å²) in [6.07, 6.45) is 1.78. The van der Waals surface area contributed by atoms with Gasteiger partial charge >= 0.3 is 0 Å². The summed E-state index contributed by atoms with van der Waals surface area (Å²) in [7, 11) is 0. The predicted octanol–water partition coefficient (Wildman–Crippen LogP) is 2.79. The summed E-state index contributed by atoms with van der Waals surface area (Å²) in [6, 6.07) is 7.26. The van der Waals surface area contributed by atoms with Crippen molar-refractivity contribution < 1.29 is 4.79 Å². The van der Waals surface area contributed by atoms with Crippen LogP contribution < -0.4 is 5.32 Å². The van der Waals surface area contributed by atoms with Crippen LogP contribution in [0.4, 0.5) is 5.69 Å². The van der Waals surface area contributed by atoms with Crippen molar-refractivity contribution >= 4 is 23.2 Å². The Kier molecular flexibility index (Phi) is 3.67. The molecule has 0 saturated heterocycles. The Morgan fingerprint density at radius 2 is 2.17 bits per heavy atom. The maximum atomic E-state index is 11.8. The van der Waals surface area contributed by atoms with Crippen molar-refractivity contribution in [3.63, 3.8) is 0 Å². The number of benzene rings is 1. The Bertz CT molecular complexity index is 577. The van der Waals surface area contributed by atoms with Crippen LogP contribution in [-0.4, -0.2) is 15.7 Å². The highest BCUT2D eigenvalue weighted by Crippen LogP contribution is 2.20. The van der Waals surface area contributed by atoms with Crippen molar-refractivity contribution in [2.45, 2.75) is 20.4 Å². The normalized spacial score (nSPS) is 10.4. The first-order valence-electron chi connectivity index (χ1n) is 5.60. The van der Waals surface area contributed by atoms with Gasteiger partial charge in [0.25, 0.3) is 0 Å². The molecule has 0 spiro atoms. The second-order valence-electron chi connectivity index (χ2n) is 4.16. The molecule has 0 fully saturated rings. The van der Waals surface area contributed by atoms with Crippen LogP contribution in [0.3, 0.4) is 0 Å². The van der Waals surface area contributed by atoms with Crippen molar-refractivity contribution in [2.75, 3.05) is 5.32 Å². The highest BCUT2D eigenvalue weighted by atomic mass is 35.5. The first-order chi connectivity index (χ1) is 8.54. The summed E-state index contributed by atoms with van der Waals surface area (Å²) in [5, 5.41) is 7.59. The fourth-order valence-electron chi connectivity index (χ4n) is 1.62. The number of carbonyl (C=O) groups is 1. The fourth-order valence-corrected chi connectivity index (χ4v) is 1.79. The molecule has 0 aliphatic heterocycles. The Labute approximate surface area is 111 Å². The van der Waals surface area contributed by atoms with Gasteiger partial charge in [-0.05, 0) is 37.6 Å². The number of hydrogen-bond donors (Lipinski definition) is 1. The molecule has 1 N–H and O–H groups in total. The molecular formula is C13H14ClN3O. The summed E-state index contributed by atoms with van der Waals surface area (Å²) < 4.78 is 1.60. The fraction of sp³-hybridized carbons (Fsp3) is 0.231. The van der Waals surface area contributed by atoms with Crippen LogP contribution in [0.25, 0.3) is 0 Å². The predicted molar refractivity (Wildman–Crippen MR) is 71.8 cm³/mol. The summed E-state index contributed by atoms with van der Waals surface area (Å²) in [4.78, 5) is 11.8. The van der Waals surface area contributed by atoms with Crippen molar-refractivity contribution in [3.8, 4) is 0 Å². The molecule has 0 aliphatic rings. The Morgan fingerprint density at radius 3 is 2.83 bits per heavy atom. The van der Waals surface area contributed by atoms with Gasteiger partial charge in [-0.2, -0.15) is 5.10 Å². The molecule has 1 amide bonds. The molecule has 2 aromatic rings. The molecule has 5 heteroatoms.